The maximum atomic E-state index is 11.2. The molecule has 1 aromatic carbocycles. The second kappa shape index (κ2) is 6.17. The number of nitrogens with zero attached hydrogens (tertiary/aromatic N) is 2. The third-order valence-corrected chi connectivity index (χ3v) is 3.00. The first kappa shape index (κ1) is 14.7. The molecule has 1 unspecified atom stereocenters. The van der Waals surface area contributed by atoms with E-state index >= 15 is 0 Å². The summed E-state index contributed by atoms with van der Waals surface area (Å²) in [5, 5.41) is 20.4. The van der Waals surface area contributed by atoms with Gasteiger partial charge in [-0.2, -0.15) is 0 Å². The molecule has 0 amide bonds. The van der Waals surface area contributed by atoms with Gasteiger partial charge < -0.3 is 9.84 Å². The molecule has 0 aliphatic heterocycles. The van der Waals surface area contributed by atoms with Crippen LogP contribution >= 0.6 is 0 Å². The molecule has 0 bridgehead atoms. The molecule has 0 aliphatic carbocycles. The molecular formula is C14H14N2O5. The average molecular weight is 290 g/mol. The van der Waals surface area contributed by atoms with Crippen molar-refractivity contribution in [3.63, 3.8) is 0 Å². The number of benzene rings is 1. The number of hydrogen-bond acceptors (Lipinski definition) is 5. The molecule has 0 saturated carbocycles. The zero-order chi connectivity index (χ0) is 15.4. The summed E-state index contributed by atoms with van der Waals surface area (Å²) >= 11 is 0. The molecule has 110 valence electrons. The molecule has 1 atom stereocenters. The Hall–Kier alpha value is -2.70. The fourth-order valence-electron chi connectivity index (χ4n) is 2.03. The van der Waals surface area contributed by atoms with Gasteiger partial charge in [0.15, 0.2) is 6.10 Å². The lowest BCUT2D eigenvalue weighted by molar-refractivity contribution is -0.383. The van der Waals surface area contributed by atoms with E-state index in [-0.39, 0.29) is 17.0 Å². The Labute approximate surface area is 120 Å². The van der Waals surface area contributed by atoms with Crippen molar-refractivity contribution in [2.45, 2.75) is 25.9 Å². The van der Waals surface area contributed by atoms with Gasteiger partial charge in [0, 0.05) is 12.3 Å². The van der Waals surface area contributed by atoms with E-state index in [0.29, 0.717) is 18.2 Å². The number of hydrogen-bond donors (Lipinski definition) is 1. The fraction of sp³-hybridized carbons (Fsp3) is 0.286. The highest BCUT2D eigenvalue weighted by molar-refractivity contribution is 5.92. The van der Waals surface area contributed by atoms with Crippen LogP contribution < -0.4 is 4.74 Å². The first-order valence-electron chi connectivity index (χ1n) is 6.46. The van der Waals surface area contributed by atoms with Gasteiger partial charge in [-0.3, -0.25) is 15.1 Å². The van der Waals surface area contributed by atoms with Crippen LogP contribution in [-0.4, -0.2) is 27.1 Å². The van der Waals surface area contributed by atoms with E-state index in [9.17, 15) is 14.9 Å². The predicted octanol–water partition coefficient (Wildman–Crippen LogP) is 2.78. The number of aliphatic carboxylic acids is 1. The highest BCUT2D eigenvalue weighted by Gasteiger charge is 2.22. The predicted molar refractivity (Wildman–Crippen MR) is 75.4 cm³/mol. The molecule has 1 aromatic heterocycles. The Morgan fingerprint density at radius 3 is 2.86 bits per heavy atom. The van der Waals surface area contributed by atoms with E-state index in [1.165, 1.54) is 18.3 Å². The summed E-state index contributed by atoms with van der Waals surface area (Å²) in [6, 6.07) is 5.83. The van der Waals surface area contributed by atoms with Crippen molar-refractivity contribution in [2.75, 3.05) is 0 Å². The Balaban J connectivity index is 2.48. The standard InChI is InChI=1S/C14H14N2O5/c1-2-4-12(14(17)18)21-11-7-6-10(16(19)20)9-5-3-8-15-13(9)11/h3,5-8,12H,2,4H2,1H3,(H,17,18). The minimum Gasteiger partial charge on any atom is -0.479 e. The number of fused-ring (bicyclic) bond motifs is 1. The van der Waals surface area contributed by atoms with E-state index in [0.717, 1.165) is 0 Å². The van der Waals surface area contributed by atoms with Crippen molar-refractivity contribution in [3.8, 4) is 5.75 Å². The Bertz CT molecular complexity index is 686. The molecule has 0 saturated heterocycles. The number of nitro benzene ring substituents is 1. The number of non-ortho nitro benzene ring substituents is 1. The normalized spacial score (nSPS) is 12.0. The first-order chi connectivity index (χ1) is 10.0. The summed E-state index contributed by atoms with van der Waals surface area (Å²) in [5.41, 5.74) is 0.196. The van der Waals surface area contributed by atoms with Crippen LogP contribution in [0.15, 0.2) is 30.5 Å². The van der Waals surface area contributed by atoms with Gasteiger partial charge in [-0.1, -0.05) is 13.3 Å². The van der Waals surface area contributed by atoms with Gasteiger partial charge in [0.05, 0.1) is 10.3 Å². The number of nitro groups is 1. The number of aromatic nitrogens is 1. The third kappa shape index (κ3) is 3.07. The van der Waals surface area contributed by atoms with Crippen molar-refractivity contribution in [3.05, 3.63) is 40.6 Å². The molecule has 0 radical (unpaired) electrons. The summed E-state index contributed by atoms with van der Waals surface area (Å²) in [6.07, 6.45) is 1.48. The Morgan fingerprint density at radius 1 is 1.48 bits per heavy atom. The van der Waals surface area contributed by atoms with Gasteiger partial charge in [-0.25, -0.2) is 4.79 Å². The molecule has 7 heteroatoms. The van der Waals surface area contributed by atoms with Crippen LogP contribution in [0.3, 0.4) is 0 Å². The monoisotopic (exact) mass is 290 g/mol. The SMILES string of the molecule is CCCC(Oc1ccc([N+](=O)[O-])c2cccnc12)C(=O)O. The van der Waals surface area contributed by atoms with Gasteiger partial charge in [-0.05, 0) is 24.6 Å². The molecule has 1 N–H and O–H groups in total. The molecule has 0 aliphatic rings. The lowest BCUT2D eigenvalue weighted by Crippen LogP contribution is -2.26. The highest BCUT2D eigenvalue weighted by Crippen LogP contribution is 2.32. The number of carboxylic acids is 1. The zero-order valence-corrected chi connectivity index (χ0v) is 11.4. The summed E-state index contributed by atoms with van der Waals surface area (Å²) in [6.45, 7) is 1.85. The molecule has 0 spiro atoms. The fourth-order valence-corrected chi connectivity index (χ4v) is 2.03. The lowest BCUT2D eigenvalue weighted by atomic mass is 10.1. The average Bonchev–Trinajstić information content (AvgIpc) is 2.46. The van der Waals surface area contributed by atoms with E-state index in [2.05, 4.69) is 4.98 Å². The second-order valence-electron chi connectivity index (χ2n) is 4.47. The first-order valence-corrected chi connectivity index (χ1v) is 6.46. The van der Waals surface area contributed by atoms with Crippen molar-refractivity contribution in [2.24, 2.45) is 0 Å². The summed E-state index contributed by atoms with van der Waals surface area (Å²) in [4.78, 5) is 25.7. The minimum atomic E-state index is -1.07. The second-order valence-corrected chi connectivity index (χ2v) is 4.47. The molecule has 21 heavy (non-hydrogen) atoms. The van der Waals surface area contributed by atoms with E-state index < -0.39 is 17.0 Å². The van der Waals surface area contributed by atoms with Crippen LogP contribution in [0.4, 0.5) is 5.69 Å². The van der Waals surface area contributed by atoms with Crippen LogP contribution in [0.1, 0.15) is 19.8 Å². The quantitative estimate of drug-likeness (QED) is 0.648. The smallest absolute Gasteiger partial charge is 0.344 e. The molecule has 1 heterocycles. The van der Waals surface area contributed by atoms with Gasteiger partial charge in [0.1, 0.15) is 11.3 Å². The van der Waals surface area contributed by atoms with Gasteiger partial charge in [0.25, 0.3) is 5.69 Å². The number of pyridine rings is 1. The van der Waals surface area contributed by atoms with Crippen molar-refractivity contribution < 1.29 is 19.6 Å². The van der Waals surface area contributed by atoms with Crippen LogP contribution in [0.5, 0.6) is 5.75 Å². The van der Waals surface area contributed by atoms with Gasteiger partial charge in [-0.15, -0.1) is 0 Å². The highest BCUT2D eigenvalue weighted by atomic mass is 16.6. The molecular weight excluding hydrogens is 276 g/mol. The number of ether oxygens (including phenoxy) is 1. The van der Waals surface area contributed by atoms with Gasteiger partial charge in [0.2, 0.25) is 0 Å². The number of carbonyl (C=O) groups is 1. The lowest BCUT2D eigenvalue weighted by Gasteiger charge is -2.15. The largest absolute Gasteiger partial charge is 0.479 e. The Morgan fingerprint density at radius 2 is 2.24 bits per heavy atom. The number of rotatable bonds is 6. The van der Waals surface area contributed by atoms with Crippen LogP contribution in [0.2, 0.25) is 0 Å². The van der Waals surface area contributed by atoms with Gasteiger partial charge >= 0.3 is 5.97 Å². The van der Waals surface area contributed by atoms with Crippen LogP contribution in [-0.2, 0) is 4.79 Å². The molecule has 7 nitrogen and oxygen atoms in total. The Kier molecular flexibility index (Phi) is 4.32. The third-order valence-electron chi connectivity index (χ3n) is 3.00. The molecule has 2 rings (SSSR count). The minimum absolute atomic E-state index is 0.0900. The molecule has 2 aromatic rings. The summed E-state index contributed by atoms with van der Waals surface area (Å²) in [5.74, 6) is -0.837. The van der Waals surface area contributed by atoms with Crippen molar-refractivity contribution in [1.82, 2.24) is 4.98 Å². The van der Waals surface area contributed by atoms with E-state index in [4.69, 9.17) is 9.84 Å². The van der Waals surface area contributed by atoms with E-state index in [1.807, 2.05) is 6.92 Å². The summed E-state index contributed by atoms with van der Waals surface area (Å²) in [7, 11) is 0. The summed E-state index contributed by atoms with van der Waals surface area (Å²) < 4.78 is 5.48. The molecule has 0 fully saturated rings. The van der Waals surface area contributed by atoms with E-state index in [1.54, 1.807) is 12.1 Å². The topological polar surface area (TPSA) is 103 Å². The maximum Gasteiger partial charge on any atom is 0.344 e. The maximum absolute atomic E-state index is 11.2. The number of carboxylic acid groups (broad SMARTS) is 1. The van der Waals surface area contributed by atoms with Crippen molar-refractivity contribution in [1.29, 1.82) is 0 Å². The van der Waals surface area contributed by atoms with Crippen molar-refractivity contribution >= 4 is 22.6 Å². The van der Waals surface area contributed by atoms with Crippen LogP contribution in [0, 0.1) is 10.1 Å². The van der Waals surface area contributed by atoms with Crippen LogP contribution in [0.25, 0.3) is 10.9 Å². The zero-order valence-electron chi connectivity index (χ0n) is 11.4.